The van der Waals surface area contributed by atoms with E-state index in [4.69, 9.17) is 4.74 Å². The number of amides is 2. The van der Waals surface area contributed by atoms with E-state index in [1.54, 1.807) is 0 Å². The van der Waals surface area contributed by atoms with Crippen molar-refractivity contribution in [2.75, 3.05) is 19.6 Å². The lowest BCUT2D eigenvalue weighted by Gasteiger charge is -2.41. The molecule has 0 unspecified atom stereocenters. The van der Waals surface area contributed by atoms with Crippen LogP contribution in [0.15, 0.2) is 24.3 Å². The van der Waals surface area contributed by atoms with E-state index in [9.17, 15) is 9.59 Å². The Morgan fingerprint density at radius 2 is 1.69 bits per heavy atom. The lowest BCUT2D eigenvalue weighted by Crippen LogP contribution is -2.51. The smallest absolute Gasteiger partial charge is 0.257 e. The molecule has 2 aliphatic carbocycles. The van der Waals surface area contributed by atoms with Gasteiger partial charge in [0.15, 0.2) is 0 Å². The Kier molecular flexibility index (Phi) is 8.10. The van der Waals surface area contributed by atoms with Gasteiger partial charge in [0, 0.05) is 26.1 Å². The Labute approximate surface area is 193 Å². The molecule has 32 heavy (non-hydrogen) atoms. The van der Waals surface area contributed by atoms with E-state index in [0.717, 1.165) is 64.0 Å². The molecule has 1 aromatic carbocycles. The summed E-state index contributed by atoms with van der Waals surface area (Å²) < 4.78 is 6.55. The van der Waals surface area contributed by atoms with Gasteiger partial charge >= 0.3 is 0 Å². The van der Waals surface area contributed by atoms with Gasteiger partial charge in [-0.25, -0.2) is 0 Å². The molecule has 2 saturated carbocycles. The lowest BCUT2D eigenvalue weighted by molar-refractivity contribution is -0.137. The molecule has 0 saturated heterocycles. The number of hydrogen-bond donors (Lipinski definition) is 0. The second-order valence-electron chi connectivity index (χ2n) is 9.87. The lowest BCUT2D eigenvalue weighted by atomic mass is 9.90. The van der Waals surface area contributed by atoms with E-state index in [-0.39, 0.29) is 18.1 Å². The molecule has 0 bridgehead atoms. The van der Waals surface area contributed by atoms with E-state index in [2.05, 4.69) is 4.90 Å². The van der Waals surface area contributed by atoms with E-state index in [1.165, 1.54) is 25.7 Å². The molecule has 1 aliphatic heterocycles. The highest BCUT2D eigenvalue weighted by molar-refractivity contribution is 5.97. The number of carbonyl (C=O) groups is 2. The largest absolute Gasteiger partial charge is 0.487 e. The second kappa shape index (κ2) is 11.2. The van der Waals surface area contributed by atoms with Gasteiger partial charge in [-0.15, -0.1) is 0 Å². The van der Waals surface area contributed by atoms with Crippen LogP contribution in [0.3, 0.4) is 0 Å². The molecule has 0 spiro atoms. The SMILES string of the molecule is CCN1CCCCN(C(=O)CCC2CCCC2)[C@@H]2CCCC[C@@H]2Oc2ccccc2C1=O. The summed E-state index contributed by atoms with van der Waals surface area (Å²) in [5.74, 6) is 1.78. The van der Waals surface area contributed by atoms with Gasteiger partial charge in [-0.05, 0) is 63.5 Å². The van der Waals surface area contributed by atoms with Crippen molar-refractivity contribution in [3.05, 3.63) is 29.8 Å². The second-order valence-corrected chi connectivity index (χ2v) is 9.87. The third-order valence-electron chi connectivity index (χ3n) is 7.77. The maximum atomic E-state index is 13.5. The van der Waals surface area contributed by atoms with Crippen molar-refractivity contribution in [1.29, 1.82) is 0 Å². The van der Waals surface area contributed by atoms with Gasteiger partial charge in [-0.2, -0.15) is 0 Å². The van der Waals surface area contributed by atoms with Crippen LogP contribution in [-0.2, 0) is 4.79 Å². The highest BCUT2D eigenvalue weighted by Gasteiger charge is 2.35. The summed E-state index contributed by atoms with van der Waals surface area (Å²) in [6.07, 6.45) is 13.0. The van der Waals surface area contributed by atoms with Gasteiger partial charge in [0.25, 0.3) is 5.91 Å². The van der Waals surface area contributed by atoms with Gasteiger partial charge in [-0.3, -0.25) is 9.59 Å². The quantitative estimate of drug-likeness (QED) is 0.627. The molecule has 3 aliphatic rings. The minimum absolute atomic E-state index is 0.0392. The zero-order valence-electron chi connectivity index (χ0n) is 19.8. The van der Waals surface area contributed by atoms with E-state index in [0.29, 0.717) is 30.2 Å². The first-order valence-electron chi connectivity index (χ1n) is 13.0. The average Bonchev–Trinajstić information content (AvgIpc) is 3.34. The minimum Gasteiger partial charge on any atom is -0.487 e. The molecule has 0 radical (unpaired) electrons. The fourth-order valence-corrected chi connectivity index (χ4v) is 5.88. The zero-order chi connectivity index (χ0) is 22.3. The maximum absolute atomic E-state index is 13.5. The van der Waals surface area contributed by atoms with Gasteiger partial charge in [0.2, 0.25) is 5.91 Å². The summed E-state index contributed by atoms with van der Waals surface area (Å²) >= 11 is 0. The van der Waals surface area contributed by atoms with Crippen LogP contribution in [0.25, 0.3) is 0 Å². The summed E-state index contributed by atoms with van der Waals surface area (Å²) in [6, 6.07) is 7.78. The van der Waals surface area contributed by atoms with Crippen LogP contribution in [0.5, 0.6) is 5.75 Å². The maximum Gasteiger partial charge on any atom is 0.257 e. The summed E-state index contributed by atoms with van der Waals surface area (Å²) in [6.45, 7) is 4.22. The predicted octanol–water partition coefficient (Wildman–Crippen LogP) is 5.43. The first-order chi connectivity index (χ1) is 15.7. The van der Waals surface area contributed by atoms with Crippen molar-refractivity contribution in [1.82, 2.24) is 9.80 Å². The Morgan fingerprint density at radius 3 is 2.50 bits per heavy atom. The molecule has 0 N–H and O–H groups in total. The van der Waals surface area contributed by atoms with Gasteiger partial charge < -0.3 is 14.5 Å². The third-order valence-corrected chi connectivity index (χ3v) is 7.77. The molecule has 1 aromatic rings. The van der Waals surface area contributed by atoms with Crippen LogP contribution in [0.4, 0.5) is 0 Å². The number of ether oxygens (including phenoxy) is 1. The molecule has 1 heterocycles. The van der Waals surface area contributed by atoms with Crippen molar-refractivity contribution in [3.63, 3.8) is 0 Å². The van der Waals surface area contributed by atoms with Crippen molar-refractivity contribution in [3.8, 4) is 5.75 Å². The number of rotatable bonds is 4. The average molecular weight is 441 g/mol. The third kappa shape index (κ3) is 5.47. The number of benzene rings is 1. The Hall–Kier alpha value is -2.04. The van der Waals surface area contributed by atoms with Crippen LogP contribution in [-0.4, -0.2) is 53.4 Å². The fraction of sp³-hybridized carbons (Fsp3) is 0.704. The molecule has 5 heteroatoms. The van der Waals surface area contributed by atoms with E-state index in [1.807, 2.05) is 36.1 Å². The summed E-state index contributed by atoms with van der Waals surface area (Å²) in [5.41, 5.74) is 0.651. The first kappa shape index (κ1) is 23.1. The van der Waals surface area contributed by atoms with Crippen LogP contribution in [0, 0.1) is 5.92 Å². The summed E-state index contributed by atoms with van der Waals surface area (Å²) in [5, 5.41) is 0. The fourth-order valence-electron chi connectivity index (χ4n) is 5.88. The van der Waals surface area contributed by atoms with Crippen molar-refractivity contribution in [2.24, 2.45) is 5.92 Å². The molecule has 2 atom stereocenters. The number of fused-ring (bicyclic) bond motifs is 2. The summed E-state index contributed by atoms with van der Waals surface area (Å²) in [7, 11) is 0. The Bertz CT molecular complexity index is 774. The molecule has 5 nitrogen and oxygen atoms in total. The molecule has 4 rings (SSSR count). The molecule has 2 amide bonds. The number of hydrogen-bond acceptors (Lipinski definition) is 3. The normalized spacial score (nSPS) is 25.3. The zero-order valence-corrected chi connectivity index (χ0v) is 19.8. The first-order valence-corrected chi connectivity index (χ1v) is 13.0. The van der Waals surface area contributed by atoms with Crippen LogP contribution in [0.1, 0.15) is 94.3 Å². The van der Waals surface area contributed by atoms with Crippen LogP contribution >= 0.6 is 0 Å². The van der Waals surface area contributed by atoms with Gasteiger partial charge in [0.05, 0.1) is 11.6 Å². The predicted molar refractivity (Wildman–Crippen MR) is 127 cm³/mol. The molecule has 2 fully saturated rings. The topological polar surface area (TPSA) is 49.9 Å². The van der Waals surface area contributed by atoms with Gasteiger partial charge in [-0.1, -0.05) is 44.2 Å². The Morgan fingerprint density at radius 1 is 0.969 bits per heavy atom. The van der Waals surface area contributed by atoms with Crippen molar-refractivity contribution < 1.29 is 14.3 Å². The van der Waals surface area contributed by atoms with Crippen molar-refractivity contribution in [2.45, 2.75) is 96.1 Å². The molecular formula is C27H40N2O3. The number of nitrogens with zero attached hydrogens (tertiary/aromatic N) is 2. The Balaban J connectivity index is 1.56. The highest BCUT2D eigenvalue weighted by atomic mass is 16.5. The minimum atomic E-state index is -0.0392. The number of carbonyl (C=O) groups excluding carboxylic acids is 2. The summed E-state index contributed by atoms with van der Waals surface area (Å²) in [4.78, 5) is 30.7. The van der Waals surface area contributed by atoms with Crippen LogP contribution < -0.4 is 4.74 Å². The molecule has 176 valence electrons. The monoisotopic (exact) mass is 440 g/mol. The van der Waals surface area contributed by atoms with E-state index >= 15 is 0 Å². The van der Waals surface area contributed by atoms with Crippen LogP contribution in [0.2, 0.25) is 0 Å². The molecular weight excluding hydrogens is 400 g/mol. The standard InChI is InChI=1S/C27H40N2O3/c1-2-28-19-9-10-20-29(26(30)18-17-21-11-3-4-12-21)23-14-6-8-16-25(23)32-24-15-7-5-13-22(24)27(28)31/h5,7,13,15,21,23,25H,2-4,6,8-12,14,16-20H2,1H3/t23-,25+/m1/s1. The highest BCUT2D eigenvalue weighted by Crippen LogP contribution is 2.32. The van der Waals surface area contributed by atoms with Gasteiger partial charge in [0.1, 0.15) is 11.9 Å². The van der Waals surface area contributed by atoms with Crippen molar-refractivity contribution >= 4 is 11.8 Å². The number of para-hydroxylation sites is 1. The molecule has 0 aromatic heterocycles. The van der Waals surface area contributed by atoms with E-state index < -0.39 is 0 Å².